The third-order valence-electron chi connectivity index (χ3n) is 3.14. The molecule has 1 fully saturated rings. The van der Waals surface area contributed by atoms with Crippen LogP contribution in [0.3, 0.4) is 0 Å². The smallest absolute Gasteiger partial charge is 0.322 e. The third-order valence-corrected chi connectivity index (χ3v) is 3.14. The van der Waals surface area contributed by atoms with Gasteiger partial charge in [0.2, 0.25) is 0 Å². The van der Waals surface area contributed by atoms with Crippen LogP contribution in [0.15, 0.2) is 0 Å². The Morgan fingerprint density at radius 3 is 2.53 bits per heavy atom. The number of esters is 1. The van der Waals surface area contributed by atoms with E-state index in [1.54, 1.807) is 0 Å². The zero-order valence-corrected chi connectivity index (χ0v) is 10.1. The molecule has 0 spiro atoms. The van der Waals surface area contributed by atoms with Crippen LogP contribution in [0.4, 0.5) is 0 Å². The van der Waals surface area contributed by atoms with Gasteiger partial charge < -0.3 is 10.1 Å². The lowest BCUT2D eigenvalue weighted by Crippen LogP contribution is -2.43. The summed E-state index contributed by atoms with van der Waals surface area (Å²) in [6.45, 7) is 6.49. The Labute approximate surface area is 92.6 Å². The van der Waals surface area contributed by atoms with Crippen LogP contribution in [0.1, 0.15) is 46.5 Å². The van der Waals surface area contributed by atoms with Gasteiger partial charge in [-0.1, -0.05) is 6.92 Å². The molecule has 1 N–H and O–H groups in total. The summed E-state index contributed by atoms with van der Waals surface area (Å²) in [5, 5.41) is 3.35. The van der Waals surface area contributed by atoms with Gasteiger partial charge in [0.1, 0.15) is 6.04 Å². The van der Waals surface area contributed by atoms with Crippen molar-refractivity contribution < 1.29 is 9.53 Å². The number of nitrogens with one attached hydrogen (secondary N) is 1. The normalized spacial score (nSPS) is 28.5. The monoisotopic (exact) mass is 213 g/mol. The minimum atomic E-state index is -0.164. The molecule has 0 aliphatic heterocycles. The average molecular weight is 213 g/mol. The molecule has 1 atom stereocenters. The van der Waals surface area contributed by atoms with Crippen molar-refractivity contribution in [3.63, 3.8) is 0 Å². The molecule has 3 nitrogen and oxygen atoms in total. The van der Waals surface area contributed by atoms with Gasteiger partial charge in [-0.05, 0) is 45.4 Å². The Morgan fingerprint density at radius 1 is 1.40 bits per heavy atom. The minimum Gasteiger partial charge on any atom is -0.465 e. The standard InChI is InChI=1S/C12H23NO2/c1-4-15-12(14)10(3)13-11-7-5-9(2)6-8-11/h9-11,13H,4-8H2,1-3H3. The largest absolute Gasteiger partial charge is 0.465 e. The minimum absolute atomic E-state index is 0.129. The number of hydrogen-bond acceptors (Lipinski definition) is 3. The van der Waals surface area contributed by atoms with Gasteiger partial charge >= 0.3 is 5.97 Å². The van der Waals surface area contributed by atoms with Crippen molar-refractivity contribution in [2.45, 2.75) is 58.5 Å². The molecular weight excluding hydrogens is 190 g/mol. The highest BCUT2D eigenvalue weighted by atomic mass is 16.5. The predicted octanol–water partition coefficient (Wildman–Crippen LogP) is 2.11. The molecule has 0 aromatic heterocycles. The topological polar surface area (TPSA) is 38.3 Å². The lowest BCUT2D eigenvalue weighted by molar-refractivity contribution is -0.145. The summed E-state index contributed by atoms with van der Waals surface area (Å²) in [6, 6.07) is 0.337. The molecule has 0 radical (unpaired) electrons. The van der Waals surface area contributed by atoms with E-state index in [1.165, 1.54) is 25.7 Å². The number of hydrogen-bond donors (Lipinski definition) is 1. The van der Waals surface area contributed by atoms with Crippen LogP contribution < -0.4 is 5.32 Å². The zero-order valence-electron chi connectivity index (χ0n) is 10.1. The van der Waals surface area contributed by atoms with Crippen LogP contribution >= 0.6 is 0 Å². The molecule has 1 aliphatic carbocycles. The van der Waals surface area contributed by atoms with Crippen molar-refractivity contribution in [3.8, 4) is 0 Å². The van der Waals surface area contributed by atoms with Gasteiger partial charge in [-0.2, -0.15) is 0 Å². The molecule has 15 heavy (non-hydrogen) atoms. The number of carbonyl (C=O) groups excluding carboxylic acids is 1. The van der Waals surface area contributed by atoms with Gasteiger partial charge in [0, 0.05) is 6.04 Å². The predicted molar refractivity (Wildman–Crippen MR) is 60.7 cm³/mol. The first-order chi connectivity index (χ1) is 7.13. The molecule has 1 aliphatic rings. The molecule has 0 amide bonds. The first-order valence-corrected chi connectivity index (χ1v) is 6.06. The molecule has 0 saturated heterocycles. The second-order valence-electron chi connectivity index (χ2n) is 4.60. The van der Waals surface area contributed by atoms with Crippen LogP contribution in [0.2, 0.25) is 0 Å². The van der Waals surface area contributed by atoms with Gasteiger partial charge in [0.15, 0.2) is 0 Å². The summed E-state index contributed by atoms with van der Waals surface area (Å²) in [5.41, 5.74) is 0. The van der Waals surface area contributed by atoms with E-state index in [0.717, 1.165) is 5.92 Å². The molecule has 1 saturated carbocycles. The maximum atomic E-state index is 11.4. The summed E-state index contributed by atoms with van der Waals surface area (Å²) in [6.07, 6.45) is 4.91. The first-order valence-electron chi connectivity index (χ1n) is 6.06. The molecule has 88 valence electrons. The maximum absolute atomic E-state index is 11.4. The van der Waals surface area contributed by atoms with Crippen molar-refractivity contribution in [1.29, 1.82) is 0 Å². The number of carbonyl (C=O) groups is 1. The molecule has 3 heteroatoms. The SMILES string of the molecule is CCOC(=O)C(C)NC1CCC(C)CC1. The Balaban J connectivity index is 2.25. The maximum Gasteiger partial charge on any atom is 0.322 e. The van der Waals surface area contributed by atoms with Gasteiger partial charge in [0.25, 0.3) is 0 Å². The van der Waals surface area contributed by atoms with E-state index in [4.69, 9.17) is 4.74 Å². The van der Waals surface area contributed by atoms with Crippen molar-refractivity contribution >= 4 is 5.97 Å². The van der Waals surface area contributed by atoms with E-state index < -0.39 is 0 Å². The number of rotatable bonds is 4. The molecular formula is C12H23NO2. The molecule has 0 aromatic carbocycles. The quantitative estimate of drug-likeness (QED) is 0.727. The summed E-state index contributed by atoms with van der Waals surface area (Å²) in [4.78, 5) is 11.4. The van der Waals surface area contributed by atoms with Gasteiger partial charge in [-0.25, -0.2) is 0 Å². The lowest BCUT2D eigenvalue weighted by atomic mass is 9.87. The van der Waals surface area contributed by atoms with E-state index in [1.807, 2.05) is 13.8 Å². The molecule has 0 aromatic rings. The van der Waals surface area contributed by atoms with Crippen molar-refractivity contribution in [2.24, 2.45) is 5.92 Å². The Hall–Kier alpha value is -0.570. The fourth-order valence-corrected chi connectivity index (χ4v) is 2.12. The van der Waals surface area contributed by atoms with Crippen LogP contribution in [-0.2, 0) is 9.53 Å². The van der Waals surface area contributed by atoms with Gasteiger partial charge in [0.05, 0.1) is 6.61 Å². The molecule has 0 heterocycles. The summed E-state index contributed by atoms with van der Waals surface area (Å²) < 4.78 is 4.96. The van der Waals surface area contributed by atoms with E-state index in [0.29, 0.717) is 12.6 Å². The van der Waals surface area contributed by atoms with Crippen molar-refractivity contribution in [1.82, 2.24) is 5.32 Å². The van der Waals surface area contributed by atoms with E-state index in [2.05, 4.69) is 12.2 Å². The van der Waals surface area contributed by atoms with E-state index >= 15 is 0 Å². The third kappa shape index (κ3) is 4.20. The highest BCUT2D eigenvalue weighted by Crippen LogP contribution is 2.23. The fraction of sp³-hybridized carbons (Fsp3) is 0.917. The van der Waals surface area contributed by atoms with Crippen molar-refractivity contribution in [2.75, 3.05) is 6.61 Å². The summed E-state index contributed by atoms with van der Waals surface area (Å²) >= 11 is 0. The van der Waals surface area contributed by atoms with Crippen LogP contribution in [0, 0.1) is 5.92 Å². The van der Waals surface area contributed by atoms with Crippen LogP contribution in [-0.4, -0.2) is 24.7 Å². The van der Waals surface area contributed by atoms with Crippen LogP contribution in [0.25, 0.3) is 0 Å². The lowest BCUT2D eigenvalue weighted by Gasteiger charge is -2.28. The van der Waals surface area contributed by atoms with E-state index in [-0.39, 0.29) is 12.0 Å². The highest BCUT2D eigenvalue weighted by Gasteiger charge is 2.22. The molecule has 0 bridgehead atoms. The zero-order chi connectivity index (χ0) is 11.3. The highest BCUT2D eigenvalue weighted by molar-refractivity contribution is 5.75. The molecule has 1 rings (SSSR count). The average Bonchev–Trinajstić information content (AvgIpc) is 2.22. The fourth-order valence-electron chi connectivity index (χ4n) is 2.12. The Morgan fingerprint density at radius 2 is 2.00 bits per heavy atom. The first kappa shape index (κ1) is 12.5. The van der Waals surface area contributed by atoms with Gasteiger partial charge in [-0.3, -0.25) is 4.79 Å². The summed E-state index contributed by atoms with van der Waals surface area (Å²) in [7, 11) is 0. The van der Waals surface area contributed by atoms with E-state index in [9.17, 15) is 4.79 Å². The second kappa shape index (κ2) is 6.11. The van der Waals surface area contributed by atoms with Gasteiger partial charge in [-0.15, -0.1) is 0 Å². The second-order valence-corrected chi connectivity index (χ2v) is 4.60. The summed E-state index contributed by atoms with van der Waals surface area (Å²) in [5.74, 6) is 0.720. The van der Waals surface area contributed by atoms with Crippen LogP contribution in [0.5, 0.6) is 0 Å². The number of ether oxygens (including phenoxy) is 1. The Bertz CT molecular complexity index is 198. The molecule has 1 unspecified atom stereocenters. The van der Waals surface area contributed by atoms with Crippen molar-refractivity contribution in [3.05, 3.63) is 0 Å². The Kier molecular flexibility index (Phi) is 5.09.